The van der Waals surface area contributed by atoms with Gasteiger partial charge in [-0.3, -0.25) is 0 Å². The summed E-state index contributed by atoms with van der Waals surface area (Å²) in [4.78, 5) is 4.18. The van der Waals surface area contributed by atoms with Crippen LogP contribution in [0.5, 0.6) is 11.5 Å². The summed E-state index contributed by atoms with van der Waals surface area (Å²) in [5.41, 5.74) is 4.63. The van der Waals surface area contributed by atoms with Crippen LogP contribution in [-0.4, -0.2) is 48.9 Å². The van der Waals surface area contributed by atoms with Crippen LogP contribution in [0.3, 0.4) is 0 Å². The largest absolute Gasteiger partial charge is 0.497 e. The van der Waals surface area contributed by atoms with Crippen LogP contribution >= 0.6 is 0 Å². The number of aryl methyl sites for hydroxylation is 1. The predicted octanol–water partition coefficient (Wildman–Crippen LogP) is 5.53. The van der Waals surface area contributed by atoms with E-state index in [1.165, 1.54) is 5.56 Å². The molecule has 5 rings (SSSR count). The predicted molar refractivity (Wildman–Crippen MR) is 145 cm³/mol. The maximum absolute atomic E-state index is 6.49. The molecule has 2 atom stereocenters. The van der Waals surface area contributed by atoms with Crippen molar-refractivity contribution in [1.29, 1.82) is 0 Å². The van der Waals surface area contributed by atoms with E-state index in [4.69, 9.17) is 23.7 Å². The van der Waals surface area contributed by atoms with E-state index in [0.717, 1.165) is 41.0 Å². The molecule has 0 bridgehead atoms. The molecule has 0 spiro atoms. The number of ether oxygens (including phenoxy) is 5. The highest BCUT2D eigenvalue weighted by atomic mass is 16.8. The Hall–Kier alpha value is -3.65. The topological polar surface area (TPSA) is 64.0 Å². The first-order valence-corrected chi connectivity index (χ1v) is 12.9. The Morgan fingerprint density at radius 1 is 0.868 bits per heavy atom. The summed E-state index contributed by atoms with van der Waals surface area (Å²) in [6.45, 7) is 2.05. The van der Waals surface area contributed by atoms with E-state index in [-0.39, 0.29) is 6.10 Å². The zero-order chi connectivity index (χ0) is 26.2. The summed E-state index contributed by atoms with van der Waals surface area (Å²) in [5.74, 6) is 0.976. The summed E-state index contributed by atoms with van der Waals surface area (Å²) in [6, 6.07) is 24.6. The van der Waals surface area contributed by atoms with Gasteiger partial charge < -0.3 is 28.3 Å². The lowest BCUT2D eigenvalue weighted by Gasteiger charge is -2.28. The number of benzene rings is 3. The Morgan fingerprint density at radius 3 is 2.13 bits per heavy atom. The van der Waals surface area contributed by atoms with Gasteiger partial charge in [0.25, 0.3) is 0 Å². The van der Waals surface area contributed by atoms with E-state index in [1.54, 1.807) is 26.7 Å². The fourth-order valence-electron chi connectivity index (χ4n) is 4.66. The van der Waals surface area contributed by atoms with Gasteiger partial charge >= 0.3 is 0 Å². The van der Waals surface area contributed by atoms with Gasteiger partial charge in [-0.25, -0.2) is 4.98 Å². The van der Waals surface area contributed by atoms with Gasteiger partial charge in [0.2, 0.25) is 0 Å². The molecule has 1 fully saturated rings. The van der Waals surface area contributed by atoms with Gasteiger partial charge in [0.05, 0.1) is 46.9 Å². The standard InChI is InChI=1S/C31H34N2O5/c1-34-28-11-5-24(6-12-28)15-16-31(22-33-18-17-32-23-33)37-21-30(38-31)20-36-19-25-3-7-26(8-4-25)27-9-13-29(35-2)14-10-27/h3-14,17-18,23,30H,15-16,19-22H2,1-2H3. The molecule has 0 N–H and O–H groups in total. The first-order chi connectivity index (χ1) is 18.6. The molecule has 7 heteroatoms. The third-order valence-corrected chi connectivity index (χ3v) is 6.80. The number of imidazole rings is 1. The van der Waals surface area contributed by atoms with Crippen LogP contribution < -0.4 is 9.47 Å². The molecule has 0 radical (unpaired) electrons. The Labute approximate surface area is 223 Å². The van der Waals surface area contributed by atoms with Gasteiger partial charge in [-0.05, 0) is 52.9 Å². The summed E-state index contributed by atoms with van der Waals surface area (Å²) in [7, 11) is 3.35. The molecule has 2 unspecified atom stereocenters. The molecule has 0 amide bonds. The van der Waals surface area contributed by atoms with Crippen LogP contribution in [0, 0.1) is 0 Å². The normalized spacial score (nSPS) is 18.9. The van der Waals surface area contributed by atoms with Crippen molar-refractivity contribution in [2.45, 2.75) is 37.9 Å². The van der Waals surface area contributed by atoms with Crippen molar-refractivity contribution in [3.63, 3.8) is 0 Å². The van der Waals surface area contributed by atoms with E-state index in [0.29, 0.717) is 26.4 Å². The van der Waals surface area contributed by atoms with Crippen LogP contribution in [0.15, 0.2) is 91.5 Å². The molecule has 4 aromatic rings. The molecule has 198 valence electrons. The number of nitrogens with zero attached hydrogens (tertiary/aromatic N) is 2. The SMILES string of the molecule is COc1ccc(CCC2(Cn3ccnc3)OCC(COCc3ccc(-c4ccc(OC)cc4)cc3)O2)cc1. The third-order valence-electron chi connectivity index (χ3n) is 6.80. The number of methoxy groups -OCH3 is 2. The van der Waals surface area contributed by atoms with Crippen LogP contribution in [0.25, 0.3) is 11.1 Å². The average molecular weight is 515 g/mol. The molecule has 7 nitrogen and oxygen atoms in total. The van der Waals surface area contributed by atoms with Crippen LogP contribution in [0.4, 0.5) is 0 Å². The van der Waals surface area contributed by atoms with Crippen molar-refractivity contribution in [3.05, 3.63) is 103 Å². The van der Waals surface area contributed by atoms with Crippen molar-refractivity contribution in [2.75, 3.05) is 27.4 Å². The number of aromatic nitrogens is 2. The molecule has 3 aromatic carbocycles. The zero-order valence-corrected chi connectivity index (χ0v) is 21.9. The quantitative estimate of drug-likeness (QED) is 0.248. The third kappa shape index (κ3) is 6.61. The minimum atomic E-state index is -0.728. The fourth-order valence-corrected chi connectivity index (χ4v) is 4.66. The van der Waals surface area contributed by atoms with Crippen LogP contribution in [0.2, 0.25) is 0 Å². The van der Waals surface area contributed by atoms with Crippen molar-refractivity contribution in [2.24, 2.45) is 0 Å². The number of hydrogen-bond acceptors (Lipinski definition) is 6. The highest BCUT2D eigenvalue weighted by Crippen LogP contribution is 2.31. The summed E-state index contributed by atoms with van der Waals surface area (Å²) < 4.78 is 31.4. The highest BCUT2D eigenvalue weighted by Gasteiger charge is 2.41. The van der Waals surface area contributed by atoms with Crippen molar-refractivity contribution in [3.8, 4) is 22.6 Å². The highest BCUT2D eigenvalue weighted by molar-refractivity contribution is 5.64. The molecule has 1 aliphatic heterocycles. The van der Waals surface area contributed by atoms with Crippen molar-refractivity contribution >= 4 is 0 Å². The second-order valence-electron chi connectivity index (χ2n) is 9.49. The first-order valence-electron chi connectivity index (χ1n) is 12.9. The molecule has 1 saturated heterocycles. The van der Waals surface area contributed by atoms with Gasteiger partial charge in [-0.15, -0.1) is 0 Å². The first kappa shape index (κ1) is 26.0. The Balaban J connectivity index is 1.14. The molecular weight excluding hydrogens is 480 g/mol. The molecule has 0 aliphatic carbocycles. The maximum atomic E-state index is 6.49. The smallest absolute Gasteiger partial charge is 0.187 e. The zero-order valence-electron chi connectivity index (χ0n) is 21.9. The van der Waals surface area contributed by atoms with E-state index >= 15 is 0 Å². The minimum Gasteiger partial charge on any atom is -0.497 e. The summed E-state index contributed by atoms with van der Waals surface area (Å²) >= 11 is 0. The van der Waals surface area contributed by atoms with E-state index in [1.807, 2.05) is 35.0 Å². The molecular formula is C31H34N2O5. The van der Waals surface area contributed by atoms with E-state index in [9.17, 15) is 0 Å². The van der Waals surface area contributed by atoms with Crippen LogP contribution in [-0.2, 0) is 33.8 Å². The van der Waals surface area contributed by atoms with Crippen molar-refractivity contribution in [1.82, 2.24) is 9.55 Å². The minimum absolute atomic E-state index is 0.132. The lowest BCUT2D eigenvalue weighted by Crippen LogP contribution is -2.37. The van der Waals surface area contributed by atoms with Gasteiger partial charge in [-0.2, -0.15) is 0 Å². The molecule has 2 heterocycles. The lowest BCUT2D eigenvalue weighted by atomic mass is 10.0. The van der Waals surface area contributed by atoms with Gasteiger partial charge in [-0.1, -0.05) is 48.5 Å². The second kappa shape index (κ2) is 12.3. The molecule has 1 aromatic heterocycles. The molecule has 1 aliphatic rings. The van der Waals surface area contributed by atoms with Gasteiger partial charge in [0.15, 0.2) is 5.79 Å². The van der Waals surface area contributed by atoms with E-state index < -0.39 is 5.79 Å². The van der Waals surface area contributed by atoms with Gasteiger partial charge in [0.1, 0.15) is 17.6 Å². The Bertz CT molecular complexity index is 1260. The maximum Gasteiger partial charge on any atom is 0.187 e. The lowest BCUT2D eigenvalue weighted by molar-refractivity contribution is -0.187. The average Bonchev–Trinajstić information content (AvgIpc) is 3.63. The Morgan fingerprint density at radius 2 is 1.50 bits per heavy atom. The van der Waals surface area contributed by atoms with Gasteiger partial charge in [0, 0.05) is 18.8 Å². The Kier molecular flexibility index (Phi) is 8.38. The van der Waals surface area contributed by atoms with E-state index in [2.05, 4.69) is 53.5 Å². The number of rotatable bonds is 12. The monoisotopic (exact) mass is 514 g/mol. The second-order valence-corrected chi connectivity index (χ2v) is 9.49. The number of hydrogen-bond donors (Lipinski definition) is 0. The molecule has 38 heavy (non-hydrogen) atoms. The molecule has 0 saturated carbocycles. The van der Waals surface area contributed by atoms with Crippen LogP contribution in [0.1, 0.15) is 17.5 Å². The summed E-state index contributed by atoms with van der Waals surface area (Å²) in [6.07, 6.45) is 6.91. The summed E-state index contributed by atoms with van der Waals surface area (Å²) in [5, 5.41) is 0. The van der Waals surface area contributed by atoms with Crippen molar-refractivity contribution < 1.29 is 23.7 Å². The fraction of sp³-hybridized carbons (Fsp3) is 0.323.